The number of benzene rings is 1. The molecule has 5 nitrogen and oxygen atoms in total. The van der Waals surface area contributed by atoms with Crippen molar-refractivity contribution in [3.63, 3.8) is 0 Å². The third-order valence-electron chi connectivity index (χ3n) is 4.06. The number of fused-ring (bicyclic) bond motifs is 1. The molecule has 1 aromatic heterocycles. The van der Waals surface area contributed by atoms with Gasteiger partial charge in [-0.1, -0.05) is 12.1 Å². The van der Waals surface area contributed by atoms with Crippen LogP contribution in [0.15, 0.2) is 24.4 Å². The van der Waals surface area contributed by atoms with Crippen LogP contribution in [0.25, 0.3) is 0 Å². The number of amides is 1. The fourth-order valence-corrected chi connectivity index (χ4v) is 2.61. The van der Waals surface area contributed by atoms with E-state index in [9.17, 15) is 4.79 Å². The van der Waals surface area contributed by atoms with Crippen molar-refractivity contribution in [1.82, 2.24) is 15.5 Å². The summed E-state index contributed by atoms with van der Waals surface area (Å²) in [6.45, 7) is 4.96. The number of rotatable bonds is 4. The van der Waals surface area contributed by atoms with Crippen LogP contribution < -0.4 is 10.6 Å². The number of anilines is 1. The maximum Gasteiger partial charge on any atom is 0.224 e. The molecule has 0 saturated heterocycles. The number of hydrogen-bond acceptors (Lipinski definition) is 3. The quantitative estimate of drug-likeness (QED) is 0.807. The molecule has 5 heteroatoms. The van der Waals surface area contributed by atoms with Gasteiger partial charge in [-0.3, -0.25) is 9.89 Å². The van der Waals surface area contributed by atoms with Crippen molar-refractivity contribution < 1.29 is 4.79 Å². The largest absolute Gasteiger partial charge is 0.326 e. The third kappa shape index (κ3) is 2.97. The molecular weight excluding hydrogens is 264 g/mol. The van der Waals surface area contributed by atoms with Gasteiger partial charge in [0.15, 0.2) is 0 Å². The first kappa shape index (κ1) is 13.8. The van der Waals surface area contributed by atoms with Crippen LogP contribution in [0.4, 0.5) is 5.69 Å². The lowest BCUT2D eigenvalue weighted by Crippen LogP contribution is -2.21. The summed E-state index contributed by atoms with van der Waals surface area (Å²) in [5.74, 6) is 0.108. The Kier molecular flexibility index (Phi) is 3.75. The fourth-order valence-electron chi connectivity index (χ4n) is 2.61. The predicted molar refractivity (Wildman–Crippen MR) is 82.0 cm³/mol. The van der Waals surface area contributed by atoms with Gasteiger partial charge in [0.05, 0.1) is 6.20 Å². The standard InChI is InChI=1S/C16H20N4O/c1-10(17-8-14-9-18-20-11(14)2)12-3-5-15-13(7-12)4-6-16(21)19-15/h3,5,7,9-10,17H,4,6,8H2,1-2H3,(H,18,20)(H,19,21)/t10-/m0/s1. The molecule has 1 amide bonds. The number of aromatic amines is 1. The molecular formula is C16H20N4O. The lowest BCUT2D eigenvalue weighted by Gasteiger charge is -2.20. The molecule has 3 N–H and O–H groups in total. The molecule has 110 valence electrons. The van der Waals surface area contributed by atoms with Crippen molar-refractivity contribution in [3.05, 3.63) is 46.8 Å². The molecule has 0 saturated carbocycles. The van der Waals surface area contributed by atoms with Gasteiger partial charge in [0.2, 0.25) is 5.91 Å². The number of aromatic nitrogens is 2. The number of carbonyl (C=O) groups is 1. The molecule has 1 aromatic carbocycles. The predicted octanol–water partition coefficient (Wildman–Crippen LogP) is 2.45. The molecule has 0 bridgehead atoms. The second kappa shape index (κ2) is 5.69. The second-order valence-corrected chi connectivity index (χ2v) is 5.59. The summed E-state index contributed by atoms with van der Waals surface area (Å²) >= 11 is 0. The highest BCUT2D eigenvalue weighted by Gasteiger charge is 2.16. The molecule has 2 aromatic rings. The van der Waals surface area contributed by atoms with E-state index in [0.717, 1.165) is 24.3 Å². The van der Waals surface area contributed by atoms with Crippen molar-refractivity contribution in [3.8, 4) is 0 Å². The summed E-state index contributed by atoms with van der Waals surface area (Å²) in [4.78, 5) is 11.4. The summed E-state index contributed by atoms with van der Waals surface area (Å²) in [7, 11) is 0. The third-order valence-corrected chi connectivity index (χ3v) is 4.06. The van der Waals surface area contributed by atoms with Gasteiger partial charge < -0.3 is 10.6 Å². The minimum Gasteiger partial charge on any atom is -0.326 e. The molecule has 2 heterocycles. The maximum atomic E-state index is 11.4. The lowest BCUT2D eigenvalue weighted by molar-refractivity contribution is -0.116. The first-order chi connectivity index (χ1) is 10.1. The van der Waals surface area contributed by atoms with Crippen molar-refractivity contribution in [2.75, 3.05) is 5.32 Å². The van der Waals surface area contributed by atoms with E-state index >= 15 is 0 Å². The molecule has 1 aliphatic heterocycles. The summed E-state index contributed by atoms with van der Waals surface area (Å²) in [6, 6.07) is 6.52. The number of carbonyl (C=O) groups excluding carboxylic acids is 1. The number of nitrogens with one attached hydrogen (secondary N) is 3. The first-order valence-corrected chi connectivity index (χ1v) is 7.28. The van der Waals surface area contributed by atoms with Crippen LogP contribution in [0.2, 0.25) is 0 Å². The molecule has 0 unspecified atom stereocenters. The average Bonchev–Trinajstić information content (AvgIpc) is 2.89. The molecule has 0 aliphatic carbocycles. The first-order valence-electron chi connectivity index (χ1n) is 7.28. The van der Waals surface area contributed by atoms with Crippen LogP contribution in [0, 0.1) is 6.92 Å². The Bertz CT molecular complexity index is 662. The zero-order chi connectivity index (χ0) is 14.8. The second-order valence-electron chi connectivity index (χ2n) is 5.59. The Labute approximate surface area is 124 Å². The van der Waals surface area contributed by atoms with Gasteiger partial charge >= 0.3 is 0 Å². The average molecular weight is 284 g/mol. The molecule has 0 spiro atoms. The van der Waals surface area contributed by atoms with Crippen LogP contribution in [0.3, 0.4) is 0 Å². The van der Waals surface area contributed by atoms with E-state index in [1.807, 2.05) is 19.2 Å². The molecule has 0 radical (unpaired) electrons. The van der Waals surface area contributed by atoms with E-state index in [1.165, 1.54) is 16.7 Å². The topological polar surface area (TPSA) is 69.8 Å². The van der Waals surface area contributed by atoms with Crippen molar-refractivity contribution in [2.45, 2.75) is 39.3 Å². The SMILES string of the molecule is Cc1[nH]ncc1CN[C@@H](C)c1ccc2c(c1)CCC(=O)N2. The maximum absolute atomic E-state index is 11.4. The Morgan fingerprint density at radius 2 is 2.24 bits per heavy atom. The van der Waals surface area contributed by atoms with Crippen LogP contribution in [0.5, 0.6) is 0 Å². The zero-order valence-electron chi connectivity index (χ0n) is 12.4. The van der Waals surface area contributed by atoms with E-state index in [0.29, 0.717) is 6.42 Å². The number of hydrogen-bond donors (Lipinski definition) is 3. The van der Waals surface area contributed by atoms with Crippen molar-refractivity contribution in [1.29, 1.82) is 0 Å². The van der Waals surface area contributed by atoms with Gasteiger partial charge in [-0.25, -0.2) is 0 Å². The number of nitrogens with zero attached hydrogens (tertiary/aromatic N) is 1. The minimum atomic E-state index is 0.108. The Balaban J connectivity index is 1.69. The van der Waals surface area contributed by atoms with E-state index in [2.05, 4.69) is 39.9 Å². The van der Waals surface area contributed by atoms with Gasteiger partial charge in [0, 0.05) is 36.0 Å². The summed E-state index contributed by atoms with van der Waals surface area (Å²) < 4.78 is 0. The Hall–Kier alpha value is -2.14. The van der Waals surface area contributed by atoms with Crippen molar-refractivity contribution >= 4 is 11.6 Å². The molecule has 0 fully saturated rings. The monoisotopic (exact) mass is 284 g/mol. The van der Waals surface area contributed by atoms with Gasteiger partial charge in [0.1, 0.15) is 0 Å². The molecule has 1 aliphatic rings. The highest BCUT2D eigenvalue weighted by molar-refractivity contribution is 5.93. The van der Waals surface area contributed by atoms with Crippen LogP contribution in [-0.4, -0.2) is 16.1 Å². The van der Waals surface area contributed by atoms with Crippen LogP contribution in [0.1, 0.15) is 41.8 Å². The summed E-state index contributed by atoms with van der Waals surface area (Å²) in [5.41, 5.74) is 5.70. The normalized spacial score (nSPS) is 15.4. The van der Waals surface area contributed by atoms with Gasteiger partial charge in [-0.15, -0.1) is 0 Å². The van der Waals surface area contributed by atoms with Gasteiger partial charge in [-0.05, 0) is 37.5 Å². The highest BCUT2D eigenvalue weighted by atomic mass is 16.1. The van der Waals surface area contributed by atoms with E-state index in [4.69, 9.17) is 0 Å². The molecule has 21 heavy (non-hydrogen) atoms. The van der Waals surface area contributed by atoms with Gasteiger partial charge in [-0.2, -0.15) is 5.10 Å². The van der Waals surface area contributed by atoms with Crippen molar-refractivity contribution in [2.24, 2.45) is 0 Å². The number of aryl methyl sites for hydroxylation is 2. The highest BCUT2D eigenvalue weighted by Crippen LogP contribution is 2.26. The van der Waals surface area contributed by atoms with E-state index in [1.54, 1.807) is 0 Å². The fraction of sp³-hybridized carbons (Fsp3) is 0.375. The van der Waals surface area contributed by atoms with E-state index < -0.39 is 0 Å². The lowest BCUT2D eigenvalue weighted by atomic mass is 9.97. The van der Waals surface area contributed by atoms with Crippen LogP contribution >= 0.6 is 0 Å². The van der Waals surface area contributed by atoms with Crippen LogP contribution in [-0.2, 0) is 17.8 Å². The minimum absolute atomic E-state index is 0.108. The smallest absolute Gasteiger partial charge is 0.224 e. The zero-order valence-corrected chi connectivity index (χ0v) is 12.4. The summed E-state index contributed by atoms with van der Waals surface area (Å²) in [5, 5.41) is 13.4. The Morgan fingerprint density at radius 3 is 3.00 bits per heavy atom. The van der Waals surface area contributed by atoms with Gasteiger partial charge in [0.25, 0.3) is 0 Å². The number of H-pyrrole nitrogens is 1. The Morgan fingerprint density at radius 1 is 1.38 bits per heavy atom. The molecule has 1 atom stereocenters. The summed E-state index contributed by atoms with van der Waals surface area (Å²) in [6.07, 6.45) is 3.26. The van der Waals surface area contributed by atoms with E-state index in [-0.39, 0.29) is 11.9 Å². The molecule has 3 rings (SSSR count).